The number of para-hydroxylation sites is 1. The second kappa shape index (κ2) is 7.37. The molecule has 1 unspecified atom stereocenters. The van der Waals surface area contributed by atoms with Gasteiger partial charge in [-0.1, -0.05) is 24.3 Å². The molecule has 5 heteroatoms. The lowest BCUT2D eigenvalue weighted by Crippen LogP contribution is -2.16. The summed E-state index contributed by atoms with van der Waals surface area (Å²) in [5.74, 6) is -0.440. The number of rotatable bonds is 5. The number of amides is 1. The van der Waals surface area contributed by atoms with E-state index < -0.39 is 0 Å². The van der Waals surface area contributed by atoms with E-state index in [0.717, 1.165) is 21.3 Å². The van der Waals surface area contributed by atoms with Crippen molar-refractivity contribution in [3.63, 3.8) is 0 Å². The van der Waals surface area contributed by atoms with Crippen LogP contribution in [0.25, 0.3) is 10.9 Å². The quantitative estimate of drug-likeness (QED) is 0.486. The van der Waals surface area contributed by atoms with Gasteiger partial charge in [0.2, 0.25) is 5.91 Å². The summed E-state index contributed by atoms with van der Waals surface area (Å²) < 4.78 is 15.2. The molecule has 4 rings (SSSR count). The topological polar surface area (TPSA) is 34.0 Å². The second-order valence-corrected chi connectivity index (χ2v) is 7.52. The summed E-state index contributed by atoms with van der Waals surface area (Å²) in [6.07, 6.45) is 2.44. The lowest BCUT2D eigenvalue weighted by atomic mass is 9.93. The first kappa shape index (κ1) is 17.5. The highest BCUT2D eigenvalue weighted by molar-refractivity contribution is 7.10. The number of aryl methyl sites for hydroxylation is 1. The van der Waals surface area contributed by atoms with E-state index in [2.05, 4.69) is 34.3 Å². The van der Waals surface area contributed by atoms with Gasteiger partial charge in [-0.15, -0.1) is 11.3 Å². The van der Waals surface area contributed by atoms with E-state index >= 15 is 0 Å². The van der Waals surface area contributed by atoms with Gasteiger partial charge in [-0.25, -0.2) is 4.39 Å². The lowest BCUT2D eigenvalue weighted by Gasteiger charge is -2.15. The van der Waals surface area contributed by atoms with Crippen molar-refractivity contribution in [3.05, 3.63) is 88.5 Å². The van der Waals surface area contributed by atoms with E-state index in [0.29, 0.717) is 12.1 Å². The molecule has 4 aromatic rings. The van der Waals surface area contributed by atoms with Crippen molar-refractivity contribution in [2.24, 2.45) is 7.05 Å². The predicted molar refractivity (Wildman–Crippen MR) is 109 cm³/mol. The number of halogens is 1. The van der Waals surface area contributed by atoms with Crippen molar-refractivity contribution in [2.75, 3.05) is 5.32 Å². The van der Waals surface area contributed by atoms with E-state index in [1.807, 2.05) is 30.6 Å². The molecule has 0 saturated heterocycles. The largest absolute Gasteiger partial charge is 0.350 e. The molecule has 1 atom stereocenters. The van der Waals surface area contributed by atoms with Gasteiger partial charge in [0.05, 0.1) is 0 Å². The summed E-state index contributed by atoms with van der Waals surface area (Å²) in [5, 5.41) is 6.07. The van der Waals surface area contributed by atoms with Crippen molar-refractivity contribution in [1.29, 1.82) is 0 Å². The third-order valence-corrected chi connectivity index (χ3v) is 5.69. The number of benzene rings is 2. The normalized spacial score (nSPS) is 12.2. The number of nitrogens with one attached hydrogen (secondary N) is 1. The Kier molecular flexibility index (Phi) is 4.77. The monoisotopic (exact) mass is 378 g/mol. The molecular weight excluding hydrogens is 359 g/mol. The van der Waals surface area contributed by atoms with Gasteiger partial charge in [-0.05, 0) is 47.3 Å². The van der Waals surface area contributed by atoms with Crippen LogP contribution in [0.5, 0.6) is 0 Å². The highest BCUT2D eigenvalue weighted by atomic mass is 32.1. The van der Waals surface area contributed by atoms with E-state index in [1.54, 1.807) is 23.5 Å². The third-order valence-electron chi connectivity index (χ3n) is 4.71. The first-order valence-electron chi connectivity index (χ1n) is 8.74. The molecule has 0 bridgehead atoms. The molecule has 2 aromatic heterocycles. The molecule has 1 amide bonds. The van der Waals surface area contributed by atoms with Gasteiger partial charge in [0.25, 0.3) is 0 Å². The summed E-state index contributed by atoms with van der Waals surface area (Å²) >= 11 is 1.66. The predicted octanol–water partition coefficient (Wildman–Crippen LogP) is 5.54. The van der Waals surface area contributed by atoms with Crippen LogP contribution in [0.3, 0.4) is 0 Å². The van der Waals surface area contributed by atoms with Gasteiger partial charge in [-0.2, -0.15) is 0 Å². The number of hydrogen-bond acceptors (Lipinski definition) is 2. The van der Waals surface area contributed by atoms with E-state index in [9.17, 15) is 9.18 Å². The van der Waals surface area contributed by atoms with Gasteiger partial charge in [0, 0.05) is 47.1 Å². The van der Waals surface area contributed by atoms with Gasteiger partial charge in [-0.3, -0.25) is 4.79 Å². The molecule has 0 spiro atoms. The zero-order valence-electron chi connectivity index (χ0n) is 14.9. The number of anilines is 1. The number of carbonyl (C=O) groups is 1. The lowest BCUT2D eigenvalue weighted by molar-refractivity contribution is -0.116. The van der Waals surface area contributed by atoms with Crippen LogP contribution in [0.15, 0.2) is 72.2 Å². The Morgan fingerprint density at radius 2 is 1.89 bits per heavy atom. The Labute approximate surface area is 161 Å². The number of hydrogen-bond donors (Lipinski definition) is 1. The molecule has 0 radical (unpaired) electrons. The number of fused-ring (bicyclic) bond motifs is 1. The molecular formula is C22H19FN2OS. The fraction of sp³-hybridized carbons (Fsp3) is 0.136. The molecule has 3 nitrogen and oxygen atoms in total. The molecule has 0 aliphatic carbocycles. The summed E-state index contributed by atoms with van der Waals surface area (Å²) in [6.45, 7) is 0. The van der Waals surface area contributed by atoms with Crippen LogP contribution >= 0.6 is 11.3 Å². The summed E-state index contributed by atoms with van der Waals surface area (Å²) in [7, 11) is 2.02. The van der Waals surface area contributed by atoms with Crippen LogP contribution in [0.4, 0.5) is 10.1 Å². The summed E-state index contributed by atoms with van der Waals surface area (Å²) in [4.78, 5) is 13.9. The minimum Gasteiger partial charge on any atom is -0.350 e. The minimum atomic E-state index is -0.319. The molecule has 2 aromatic carbocycles. The zero-order chi connectivity index (χ0) is 18.8. The Hall–Kier alpha value is -2.92. The van der Waals surface area contributed by atoms with Crippen molar-refractivity contribution in [1.82, 2.24) is 4.57 Å². The highest BCUT2D eigenvalue weighted by Gasteiger charge is 2.23. The summed E-state index contributed by atoms with van der Waals surface area (Å²) in [6, 6.07) is 18.2. The first-order chi connectivity index (χ1) is 13.1. The standard InChI is InChI=1S/C22H19FN2OS/c1-25-14-19(17-5-2-3-6-20(17)25)18(21-7-4-12-27-21)13-22(26)24-16-10-8-15(23)9-11-16/h2-12,14,18H,13H2,1H3,(H,24,26). The van der Waals surface area contributed by atoms with Gasteiger partial charge in [0.15, 0.2) is 0 Å². The van der Waals surface area contributed by atoms with Crippen molar-refractivity contribution in [2.45, 2.75) is 12.3 Å². The van der Waals surface area contributed by atoms with Crippen LogP contribution in [0.2, 0.25) is 0 Å². The Balaban J connectivity index is 1.66. The first-order valence-corrected chi connectivity index (χ1v) is 9.62. The number of carbonyl (C=O) groups excluding carboxylic acids is 1. The van der Waals surface area contributed by atoms with Crippen LogP contribution in [0.1, 0.15) is 22.8 Å². The molecule has 0 fully saturated rings. The molecule has 0 aliphatic heterocycles. The third kappa shape index (κ3) is 3.64. The Morgan fingerprint density at radius 3 is 2.63 bits per heavy atom. The molecule has 27 heavy (non-hydrogen) atoms. The van der Waals surface area contributed by atoms with E-state index in [1.165, 1.54) is 12.1 Å². The van der Waals surface area contributed by atoms with Crippen LogP contribution in [0, 0.1) is 5.82 Å². The fourth-order valence-corrected chi connectivity index (χ4v) is 4.28. The van der Waals surface area contributed by atoms with Crippen molar-refractivity contribution < 1.29 is 9.18 Å². The maximum Gasteiger partial charge on any atom is 0.225 e. The van der Waals surface area contributed by atoms with Crippen molar-refractivity contribution in [3.8, 4) is 0 Å². The highest BCUT2D eigenvalue weighted by Crippen LogP contribution is 2.36. The van der Waals surface area contributed by atoms with Crippen LogP contribution < -0.4 is 5.32 Å². The fourth-order valence-electron chi connectivity index (χ4n) is 3.43. The maximum absolute atomic E-state index is 13.1. The average Bonchev–Trinajstić information content (AvgIpc) is 3.31. The van der Waals surface area contributed by atoms with Crippen LogP contribution in [-0.2, 0) is 11.8 Å². The molecule has 0 saturated carbocycles. The van der Waals surface area contributed by atoms with Gasteiger partial charge >= 0.3 is 0 Å². The average molecular weight is 378 g/mol. The SMILES string of the molecule is Cn1cc(C(CC(=O)Nc2ccc(F)cc2)c2cccs2)c2ccccc21. The van der Waals surface area contributed by atoms with Gasteiger partial charge in [0.1, 0.15) is 5.82 Å². The number of nitrogens with zero attached hydrogens (tertiary/aromatic N) is 1. The smallest absolute Gasteiger partial charge is 0.225 e. The molecule has 2 heterocycles. The van der Waals surface area contributed by atoms with Gasteiger partial charge < -0.3 is 9.88 Å². The minimum absolute atomic E-state index is 0.0310. The maximum atomic E-state index is 13.1. The number of thiophene rings is 1. The molecule has 136 valence electrons. The summed E-state index contributed by atoms with van der Waals surface area (Å²) in [5.41, 5.74) is 2.89. The van der Waals surface area contributed by atoms with E-state index in [-0.39, 0.29) is 17.6 Å². The number of aromatic nitrogens is 1. The van der Waals surface area contributed by atoms with E-state index in [4.69, 9.17) is 0 Å². The second-order valence-electron chi connectivity index (χ2n) is 6.54. The Bertz CT molecular complexity index is 1070. The zero-order valence-corrected chi connectivity index (χ0v) is 15.7. The molecule has 0 aliphatic rings. The van der Waals surface area contributed by atoms with Crippen molar-refractivity contribution >= 4 is 33.8 Å². The molecule has 1 N–H and O–H groups in total. The van der Waals surface area contributed by atoms with Crippen LogP contribution in [-0.4, -0.2) is 10.5 Å². The Morgan fingerprint density at radius 1 is 1.11 bits per heavy atom.